The summed E-state index contributed by atoms with van der Waals surface area (Å²) in [6.07, 6.45) is 27.9. The van der Waals surface area contributed by atoms with E-state index in [4.69, 9.17) is 24.4 Å². The zero-order valence-electron chi connectivity index (χ0n) is 68.9. The molecule has 0 aromatic rings. The van der Waals surface area contributed by atoms with E-state index in [1.807, 2.05) is 214 Å². The summed E-state index contributed by atoms with van der Waals surface area (Å²) in [5.74, 6) is 3.82. The molecule has 0 saturated carbocycles. The van der Waals surface area contributed by atoms with E-state index in [1.54, 1.807) is 32.9 Å². The lowest BCUT2D eigenvalue weighted by atomic mass is 9.90. The van der Waals surface area contributed by atoms with Gasteiger partial charge in [0.2, 0.25) is 29.5 Å². The van der Waals surface area contributed by atoms with Gasteiger partial charge in [0, 0.05) is 86.4 Å². The Morgan fingerprint density at radius 3 is 1.25 bits per heavy atom. The molecule has 0 radical (unpaired) electrons. The molecule has 0 bridgehead atoms. The van der Waals surface area contributed by atoms with E-state index < -0.39 is 32.5 Å². The molecule has 0 aromatic carbocycles. The van der Waals surface area contributed by atoms with Crippen molar-refractivity contribution in [2.75, 3.05) is 19.7 Å². The first-order valence-electron chi connectivity index (χ1n) is 34.6. The molecule has 103 heavy (non-hydrogen) atoms. The topological polar surface area (TPSA) is 255 Å². The van der Waals surface area contributed by atoms with E-state index in [-0.39, 0.29) is 102 Å². The van der Waals surface area contributed by atoms with Gasteiger partial charge in [-0.3, -0.25) is 33.6 Å². The molecular weight excluding hydrogens is 1340 g/mol. The Bertz CT molecular complexity index is 3170. The van der Waals surface area contributed by atoms with Crippen molar-refractivity contribution in [2.24, 2.45) is 16.2 Å². The van der Waals surface area contributed by atoms with Crippen LogP contribution >= 0.6 is 0 Å². The molecule has 0 aromatic heterocycles. The number of ether oxygens (including phenoxy) is 1. The van der Waals surface area contributed by atoms with Crippen LogP contribution in [0.2, 0.25) is 0 Å². The number of esters is 1. The van der Waals surface area contributed by atoms with Crippen LogP contribution in [0.5, 0.6) is 0 Å². The third kappa shape index (κ3) is 57.6. The van der Waals surface area contributed by atoms with Gasteiger partial charge in [-0.15, -0.1) is 19.3 Å². The van der Waals surface area contributed by atoms with E-state index in [1.165, 1.54) is 19.9 Å². The number of carbonyl (C=O) groups is 8. The minimum absolute atomic E-state index is 0.00743. The lowest BCUT2D eigenvalue weighted by molar-refractivity contribution is -0.139. The summed E-state index contributed by atoms with van der Waals surface area (Å²) >= 11 is 0. The van der Waals surface area contributed by atoms with E-state index in [2.05, 4.69) is 45.1 Å². The number of nitrogens with one attached hydrogen (secondary N) is 4. The number of hydrogen-bond acceptors (Lipinski definition) is 12. The number of hydrogen-bond donors (Lipinski definition) is 5. The Kier molecular flexibility index (Phi) is 49.4. The number of nitrogens with zero attached hydrogens (tertiary/aromatic N) is 2. The molecule has 588 valence electrons. The monoisotopic (exact) mass is 1470 g/mol. The number of terminal acetylenes is 3. The van der Waals surface area contributed by atoms with Crippen LogP contribution in [-0.4, -0.2) is 135 Å². The first-order chi connectivity index (χ1) is 46.0. The number of amides is 6. The van der Waals surface area contributed by atoms with Crippen molar-refractivity contribution in [1.82, 2.24) is 31.1 Å². The largest absolute Gasteiger partial charge is 0.456 e. The summed E-state index contributed by atoms with van der Waals surface area (Å²) in [5.41, 5.74) is -0.721. The lowest BCUT2D eigenvalue weighted by Crippen LogP contribution is -2.42. The van der Waals surface area contributed by atoms with Crippen molar-refractivity contribution < 1.29 is 69.8 Å². The summed E-state index contributed by atoms with van der Waals surface area (Å²) < 4.78 is 64.7. The normalized spacial score (nSPS) is 15.0. The molecule has 22 heteroatoms. The van der Waals surface area contributed by atoms with Crippen molar-refractivity contribution in [2.45, 2.75) is 311 Å². The molecule has 1 atom stereocenters. The van der Waals surface area contributed by atoms with Gasteiger partial charge in [0.15, 0.2) is 15.6 Å². The molecule has 4 rings (SSSR count). The van der Waals surface area contributed by atoms with Crippen LogP contribution in [0.4, 0.5) is 13.2 Å². The van der Waals surface area contributed by atoms with Gasteiger partial charge >= 0.3 is 5.97 Å². The third-order valence-electron chi connectivity index (χ3n) is 13.1. The van der Waals surface area contributed by atoms with Crippen molar-refractivity contribution in [3.8, 4) is 37.0 Å². The predicted molar refractivity (Wildman–Crippen MR) is 417 cm³/mol. The maximum Gasteiger partial charge on any atom is 0.384 e. The fourth-order valence-corrected chi connectivity index (χ4v) is 7.64. The highest BCUT2D eigenvalue weighted by atomic mass is 32.2. The number of ketones is 1. The minimum atomic E-state index is -3.07. The molecule has 0 fully saturated rings. The zero-order chi connectivity index (χ0) is 83.1. The van der Waals surface area contributed by atoms with Crippen LogP contribution < -0.4 is 21.3 Å². The summed E-state index contributed by atoms with van der Waals surface area (Å²) in [6.45, 7) is 66.2. The highest BCUT2D eigenvalue weighted by Crippen LogP contribution is 2.28. The van der Waals surface area contributed by atoms with Gasteiger partial charge < -0.3 is 40.9 Å². The standard InChI is InChI=1S/C11H18FNO.C10H16FNO.C9H16FNO.2C8H13NO.C8H12O2.C7H11NO.2C7H12O.C6H12O2S/c1-11(2,3)13-10(14)8-6-4-5-7-9(8)12;1-10(2,3)12-9(13)7-5-4-6-8(7)11;1-6(7(2)10)8(12)11-9(3,4)5;1-8(2,3)9-6-4-5-7(9)10;1-7(2)9-6-4-3-5-8(9)10;1-5-7(9)10-6-8(2,3)4;1-5-6(9)8-7(2,3)4;2*1-5-6(8)7(2,3)4;1-5-9(7,8)6(2,3)4/h4-7H2,1-3H3,(H,13,14);4-6H2,1-3H3,(H,12,13);1-5H3,(H,11,12);4-5H,6H2,1-3H3;3,5,7H,4,6H2,1-2H3;1H,6H2,2-4H3;1H,2-4H3,(H,8,9);5H,1H2,2-4H3;1,6,8H,2-4H3;5H,1H2,2-4H3/b;;7-6-;;;;;;;. The number of halogens is 3. The predicted octanol–water partition coefficient (Wildman–Crippen LogP) is 15.4. The second kappa shape index (κ2) is 47.8. The fourth-order valence-electron chi connectivity index (χ4n) is 7.14. The molecule has 2 aliphatic carbocycles. The summed E-state index contributed by atoms with van der Waals surface area (Å²) in [5, 5.41) is 20.7. The van der Waals surface area contributed by atoms with Crippen LogP contribution in [0.25, 0.3) is 0 Å². The number of allylic oxidation sites excluding steroid dienone is 4. The van der Waals surface area contributed by atoms with E-state index in [9.17, 15) is 59.9 Å². The molecule has 6 amide bonds. The van der Waals surface area contributed by atoms with Gasteiger partial charge in [-0.2, -0.15) is 0 Å². The second-order valence-electron chi connectivity index (χ2n) is 34.1. The first kappa shape index (κ1) is 106. The maximum atomic E-state index is 13.3. The van der Waals surface area contributed by atoms with Crippen molar-refractivity contribution >= 4 is 57.0 Å². The Morgan fingerprint density at radius 1 is 0.631 bits per heavy atom. The average molecular weight is 1470 g/mol. The average Bonchev–Trinajstić information content (AvgIpc) is 1.85. The number of aliphatic hydroxyl groups excluding tert-OH is 1. The Balaban J connectivity index is -0.000000255. The number of aliphatic hydroxyl groups is 1. The van der Waals surface area contributed by atoms with Gasteiger partial charge in [-0.25, -0.2) is 26.4 Å². The zero-order valence-corrected chi connectivity index (χ0v) is 69.7. The Morgan fingerprint density at radius 2 is 1.04 bits per heavy atom. The quantitative estimate of drug-likeness (QED) is 0.0690. The molecule has 2 aliphatic heterocycles. The smallest absolute Gasteiger partial charge is 0.384 e. The third-order valence-corrected chi connectivity index (χ3v) is 15.2. The van der Waals surface area contributed by atoms with Crippen LogP contribution in [0, 0.1) is 53.3 Å². The number of carbonyl (C=O) groups excluding carboxylic acids is 8. The van der Waals surface area contributed by atoms with Crippen molar-refractivity contribution in [3.05, 3.63) is 83.1 Å². The van der Waals surface area contributed by atoms with Crippen LogP contribution in [-0.2, 0) is 52.9 Å². The number of rotatable bonds is 7. The summed E-state index contributed by atoms with van der Waals surface area (Å²) in [4.78, 5) is 91.7. The Labute approximate surface area is 621 Å². The lowest BCUT2D eigenvalue weighted by Gasteiger charge is -2.31. The molecular formula is C81H135F3N6O12S. The van der Waals surface area contributed by atoms with Gasteiger partial charge in [-0.05, 0) is 233 Å². The summed E-state index contributed by atoms with van der Waals surface area (Å²) in [7, 11) is -3.07. The van der Waals surface area contributed by atoms with Crippen LogP contribution in [0.1, 0.15) is 266 Å². The van der Waals surface area contributed by atoms with Gasteiger partial charge in [0.25, 0.3) is 5.91 Å². The van der Waals surface area contributed by atoms with Gasteiger partial charge in [0.05, 0.1) is 11.4 Å². The highest BCUT2D eigenvalue weighted by Gasteiger charge is 2.29. The molecule has 1 unspecified atom stereocenters. The molecule has 5 N–H and O–H groups in total. The van der Waals surface area contributed by atoms with E-state index in [0.717, 1.165) is 44.2 Å². The fraction of sp³-hybridized carbons (Fsp3) is 0.654. The molecule has 0 saturated heterocycles. The van der Waals surface area contributed by atoms with Crippen LogP contribution in [0.3, 0.4) is 0 Å². The van der Waals surface area contributed by atoms with Crippen molar-refractivity contribution in [3.63, 3.8) is 0 Å². The first-order valence-corrected chi connectivity index (χ1v) is 36.1. The summed E-state index contributed by atoms with van der Waals surface area (Å²) in [6, 6.07) is 0.345. The van der Waals surface area contributed by atoms with Crippen molar-refractivity contribution in [1.29, 1.82) is 0 Å². The molecule has 2 heterocycles. The minimum Gasteiger partial charge on any atom is -0.456 e. The molecule has 0 spiro atoms. The van der Waals surface area contributed by atoms with E-state index >= 15 is 0 Å². The SMILES string of the molecule is C#CC(=O)NC(C)(C)C.C#CC(=O)OCC(C)(C)C.C#CC(O)C(C)(C)C.C/C(F)=C(\C)C(=O)NC(C)(C)C.C=CC(=O)C(C)(C)C.C=CS(=O)(=O)C(C)(C)C.CC(C)(C)N1CC=CC1=O.CC(C)(C)NC(=O)C1=C(F)CCC1.CC(C)(C)NC(=O)C1=C(F)CCCC1.CC(C)N1CCC=CC1=O. The van der Waals surface area contributed by atoms with Gasteiger partial charge in [-0.1, -0.05) is 93.5 Å². The number of sulfone groups is 1. The van der Waals surface area contributed by atoms with E-state index in [0.29, 0.717) is 49.5 Å². The van der Waals surface area contributed by atoms with Gasteiger partial charge in [0.1, 0.15) is 23.6 Å². The molecule has 4 aliphatic rings. The molecule has 18 nitrogen and oxygen atoms in total. The highest BCUT2D eigenvalue weighted by molar-refractivity contribution is 7.95. The maximum absolute atomic E-state index is 13.3. The Hall–Kier alpha value is -7.48. The second-order valence-corrected chi connectivity index (χ2v) is 36.8. The van der Waals surface area contributed by atoms with Crippen LogP contribution in [0.15, 0.2) is 83.1 Å².